The van der Waals surface area contributed by atoms with E-state index >= 15 is 0 Å². The van der Waals surface area contributed by atoms with E-state index in [9.17, 15) is 4.79 Å². The fourth-order valence-corrected chi connectivity index (χ4v) is 1.38. The molecule has 0 aliphatic heterocycles. The van der Waals surface area contributed by atoms with E-state index < -0.39 is 5.60 Å². The Morgan fingerprint density at radius 2 is 1.81 bits per heavy atom. The lowest BCUT2D eigenvalue weighted by Gasteiger charge is -2.23. The van der Waals surface area contributed by atoms with E-state index in [1.807, 2.05) is 18.2 Å². The van der Waals surface area contributed by atoms with Gasteiger partial charge in [0, 0.05) is 12.7 Å². The normalized spacial score (nSPS) is 11.4. The third-order valence-corrected chi connectivity index (χ3v) is 2.33. The van der Waals surface area contributed by atoms with Gasteiger partial charge in [-0.1, -0.05) is 30.3 Å². The zero-order valence-corrected chi connectivity index (χ0v) is 10.0. The standard InChI is InChI=1S/C13H18O3/c1-13(2,16-10-9-15-3)12(14)11-7-5-4-6-8-11/h4-8H,9-10H2,1-3H3. The zero-order chi connectivity index (χ0) is 12.0. The average Bonchev–Trinajstić information content (AvgIpc) is 2.29. The van der Waals surface area contributed by atoms with Gasteiger partial charge in [0.05, 0.1) is 13.2 Å². The van der Waals surface area contributed by atoms with Crippen LogP contribution in [-0.4, -0.2) is 31.7 Å². The van der Waals surface area contributed by atoms with Crippen molar-refractivity contribution in [2.45, 2.75) is 19.4 Å². The van der Waals surface area contributed by atoms with Crippen LogP contribution in [0.4, 0.5) is 0 Å². The monoisotopic (exact) mass is 222 g/mol. The maximum absolute atomic E-state index is 12.1. The topological polar surface area (TPSA) is 35.5 Å². The molecule has 0 aliphatic rings. The number of methoxy groups -OCH3 is 1. The van der Waals surface area contributed by atoms with E-state index in [2.05, 4.69) is 0 Å². The second-order valence-corrected chi connectivity index (χ2v) is 4.05. The van der Waals surface area contributed by atoms with Crippen LogP contribution in [0.2, 0.25) is 0 Å². The summed E-state index contributed by atoms with van der Waals surface area (Å²) in [4.78, 5) is 12.1. The van der Waals surface area contributed by atoms with Gasteiger partial charge in [-0.25, -0.2) is 0 Å². The lowest BCUT2D eigenvalue weighted by atomic mass is 9.96. The molecule has 1 rings (SSSR count). The van der Waals surface area contributed by atoms with Crippen molar-refractivity contribution >= 4 is 5.78 Å². The molecule has 0 aromatic heterocycles. The van der Waals surface area contributed by atoms with Crippen molar-refractivity contribution in [2.24, 2.45) is 0 Å². The Morgan fingerprint density at radius 3 is 2.38 bits per heavy atom. The highest BCUT2D eigenvalue weighted by Gasteiger charge is 2.29. The van der Waals surface area contributed by atoms with Gasteiger partial charge in [0.1, 0.15) is 5.60 Å². The van der Waals surface area contributed by atoms with Crippen LogP contribution in [0.3, 0.4) is 0 Å². The maximum Gasteiger partial charge on any atom is 0.194 e. The molecule has 3 nitrogen and oxygen atoms in total. The Balaban J connectivity index is 2.65. The number of ketones is 1. The number of carbonyl (C=O) groups is 1. The van der Waals surface area contributed by atoms with E-state index in [1.165, 1.54) is 0 Å². The van der Waals surface area contributed by atoms with Crippen LogP contribution in [0.15, 0.2) is 30.3 Å². The molecular weight excluding hydrogens is 204 g/mol. The molecule has 3 heteroatoms. The van der Waals surface area contributed by atoms with E-state index in [1.54, 1.807) is 33.1 Å². The zero-order valence-electron chi connectivity index (χ0n) is 10.0. The predicted octanol–water partition coefficient (Wildman–Crippen LogP) is 2.31. The van der Waals surface area contributed by atoms with Gasteiger partial charge < -0.3 is 9.47 Å². The molecule has 0 saturated carbocycles. The van der Waals surface area contributed by atoms with Crippen LogP contribution >= 0.6 is 0 Å². The molecule has 0 amide bonds. The number of rotatable bonds is 6. The van der Waals surface area contributed by atoms with Gasteiger partial charge in [-0.15, -0.1) is 0 Å². The molecular formula is C13H18O3. The largest absolute Gasteiger partial charge is 0.382 e. The van der Waals surface area contributed by atoms with Crippen molar-refractivity contribution in [3.63, 3.8) is 0 Å². The Bertz CT molecular complexity index is 330. The summed E-state index contributed by atoms with van der Waals surface area (Å²) in [5.41, 5.74) is -0.134. The summed E-state index contributed by atoms with van der Waals surface area (Å²) < 4.78 is 10.4. The third kappa shape index (κ3) is 3.43. The lowest BCUT2D eigenvalue weighted by Crippen LogP contribution is -2.36. The Kier molecular flexibility index (Phi) is 4.65. The first-order valence-electron chi connectivity index (χ1n) is 5.30. The van der Waals surface area contributed by atoms with Crippen LogP contribution in [0.5, 0.6) is 0 Å². The van der Waals surface area contributed by atoms with Crippen molar-refractivity contribution in [2.75, 3.05) is 20.3 Å². The molecule has 0 fully saturated rings. The van der Waals surface area contributed by atoms with E-state index in [-0.39, 0.29) is 5.78 Å². The first kappa shape index (κ1) is 12.9. The first-order chi connectivity index (χ1) is 7.58. The smallest absolute Gasteiger partial charge is 0.194 e. The lowest BCUT2D eigenvalue weighted by molar-refractivity contribution is -0.0234. The van der Waals surface area contributed by atoms with Crippen LogP contribution in [0, 0.1) is 0 Å². The molecule has 0 aliphatic carbocycles. The van der Waals surface area contributed by atoms with Gasteiger partial charge in [0.25, 0.3) is 0 Å². The minimum Gasteiger partial charge on any atom is -0.382 e. The van der Waals surface area contributed by atoms with Gasteiger partial charge in [-0.3, -0.25) is 4.79 Å². The first-order valence-corrected chi connectivity index (χ1v) is 5.30. The predicted molar refractivity (Wildman–Crippen MR) is 62.7 cm³/mol. The molecule has 0 saturated heterocycles. The van der Waals surface area contributed by atoms with Gasteiger partial charge in [0.15, 0.2) is 5.78 Å². The van der Waals surface area contributed by atoms with Crippen molar-refractivity contribution in [3.05, 3.63) is 35.9 Å². The van der Waals surface area contributed by atoms with Crippen molar-refractivity contribution in [3.8, 4) is 0 Å². The highest BCUT2D eigenvalue weighted by Crippen LogP contribution is 2.16. The van der Waals surface area contributed by atoms with Gasteiger partial charge >= 0.3 is 0 Å². The molecule has 0 heterocycles. The Hall–Kier alpha value is -1.19. The Labute approximate surface area is 96.4 Å². The minimum absolute atomic E-state index is 0.01000. The van der Waals surface area contributed by atoms with Crippen LogP contribution in [0.25, 0.3) is 0 Å². The molecule has 0 bridgehead atoms. The third-order valence-electron chi connectivity index (χ3n) is 2.33. The fourth-order valence-electron chi connectivity index (χ4n) is 1.38. The van der Waals surface area contributed by atoms with E-state index in [0.29, 0.717) is 18.8 Å². The molecule has 88 valence electrons. The van der Waals surface area contributed by atoms with Crippen molar-refractivity contribution in [1.82, 2.24) is 0 Å². The Morgan fingerprint density at radius 1 is 1.19 bits per heavy atom. The van der Waals surface area contributed by atoms with Gasteiger partial charge in [0.2, 0.25) is 0 Å². The summed E-state index contributed by atoms with van der Waals surface area (Å²) in [5.74, 6) is -0.01000. The van der Waals surface area contributed by atoms with Gasteiger partial charge in [-0.05, 0) is 13.8 Å². The van der Waals surface area contributed by atoms with Crippen LogP contribution in [-0.2, 0) is 9.47 Å². The molecule has 0 N–H and O–H groups in total. The average molecular weight is 222 g/mol. The molecule has 1 aromatic rings. The number of hydrogen-bond donors (Lipinski definition) is 0. The summed E-state index contributed by atoms with van der Waals surface area (Å²) in [7, 11) is 1.61. The summed E-state index contributed by atoms with van der Waals surface area (Å²) in [6, 6.07) is 9.17. The fraction of sp³-hybridized carbons (Fsp3) is 0.462. The molecule has 0 spiro atoms. The summed E-state index contributed by atoms with van der Waals surface area (Å²) in [6.45, 7) is 4.46. The number of hydrogen-bond acceptors (Lipinski definition) is 3. The summed E-state index contributed by atoms with van der Waals surface area (Å²) in [6.07, 6.45) is 0. The summed E-state index contributed by atoms with van der Waals surface area (Å²) in [5, 5.41) is 0. The number of benzene rings is 1. The highest BCUT2D eigenvalue weighted by molar-refractivity contribution is 6.01. The maximum atomic E-state index is 12.1. The molecule has 1 aromatic carbocycles. The van der Waals surface area contributed by atoms with E-state index in [4.69, 9.17) is 9.47 Å². The SMILES string of the molecule is COCCOC(C)(C)C(=O)c1ccccc1. The summed E-state index contributed by atoms with van der Waals surface area (Å²) >= 11 is 0. The van der Waals surface area contributed by atoms with Crippen molar-refractivity contribution < 1.29 is 14.3 Å². The van der Waals surface area contributed by atoms with E-state index in [0.717, 1.165) is 0 Å². The number of carbonyl (C=O) groups excluding carboxylic acids is 1. The number of Topliss-reactive ketones (excluding diaryl/α,β-unsaturated/α-hetero) is 1. The molecule has 16 heavy (non-hydrogen) atoms. The molecule has 0 unspecified atom stereocenters. The second-order valence-electron chi connectivity index (χ2n) is 4.05. The minimum atomic E-state index is -0.806. The van der Waals surface area contributed by atoms with Crippen LogP contribution in [0.1, 0.15) is 24.2 Å². The molecule has 0 atom stereocenters. The molecule has 0 radical (unpaired) electrons. The quantitative estimate of drug-likeness (QED) is 0.547. The second kappa shape index (κ2) is 5.77. The van der Waals surface area contributed by atoms with Crippen LogP contribution < -0.4 is 0 Å². The highest BCUT2D eigenvalue weighted by atomic mass is 16.5. The number of ether oxygens (including phenoxy) is 2. The van der Waals surface area contributed by atoms with Crippen molar-refractivity contribution in [1.29, 1.82) is 0 Å². The van der Waals surface area contributed by atoms with Gasteiger partial charge in [-0.2, -0.15) is 0 Å².